The molecule has 3 N–H and O–H groups in total. The number of methoxy groups -OCH3 is 1. The molecule has 0 aromatic heterocycles. The summed E-state index contributed by atoms with van der Waals surface area (Å²) in [4.78, 5) is 12.9. The molecule has 5 aromatic carbocycles. The van der Waals surface area contributed by atoms with Gasteiger partial charge in [0.15, 0.2) is 0 Å². The van der Waals surface area contributed by atoms with E-state index in [2.05, 4.69) is 10.0 Å². The third-order valence-electron chi connectivity index (χ3n) is 8.91. The van der Waals surface area contributed by atoms with Crippen molar-refractivity contribution < 1.29 is 37.3 Å². The van der Waals surface area contributed by atoms with Crippen molar-refractivity contribution in [2.75, 3.05) is 25.0 Å². The molecule has 0 radical (unpaired) electrons. The van der Waals surface area contributed by atoms with Crippen molar-refractivity contribution in [3.05, 3.63) is 137 Å². The van der Waals surface area contributed by atoms with Gasteiger partial charge in [0.25, 0.3) is 10.0 Å². The number of hydrogen-bond acceptors (Lipinski definition) is 9. The van der Waals surface area contributed by atoms with E-state index in [1.165, 1.54) is 6.07 Å². The summed E-state index contributed by atoms with van der Waals surface area (Å²) in [5.41, 5.74) is 6.32. The maximum atomic E-state index is 13.2. The highest BCUT2D eigenvalue weighted by atomic mass is 32.2. The molecule has 4 bridgehead atoms. The standard InChI is InChI=1S/C41H42N2O8S.CH4/c1-26-19-32(35-15-13-31(22-38(35)48-4)41(45)51-24-29-9-6-5-7-10-29)20-27(2)40(26)49-18-17-42-28(3)39(44)36-16-14-33-23-37(36)43-52(46,47)34-12-8-11-30(21-34)25-50-33;/h5-16,19-23,28,39,42-44H,17-18,24-25H2,1-4H3;1H4/t28-,39-;/m0./s1. The second kappa shape index (κ2) is 17.0. The average molecular weight is 739 g/mol. The lowest BCUT2D eigenvalue weighted by Gasteiger charge is -2.24. The normalized spacial score (nSPS) is 14.0. The lowest BCUT2D eigenvalue weighted by Crippen LogP contribution is -2.35. The van der Waals surface area contributed by atoms with Crippen molar-refractivity contribution in [3.8, 4) is 28.4 Å². The second-order valence-corrected chi connectivity index (χ2v) is 14.4. The molecule has 0 spiro atoms. The highest BCUT2D eigenvalue weighted by molar-refractivity contribution is 7.92. The smallest absolute Gasteiger partial charge is 0.338 e. The zero-order valence-electron chi connectivity index (χ0n) is 29.5. The number of carbonyl (C=O) groups excluding carboxylic acids is 1. The van der Waals surface area contributed by atoms with E-state index in [-0.39, 0.29) is 31.2 Å². The molecule has 53 heavy (non-hydrogen) atoms. The van der Waals surface area contributed by atoms with Crippen LogP contribution in [-0.2, 0) is 28.0 Å². The van der Waals surface area contributed by atoms with Crippen LogP contribution in [0, 0.1) is 13.8 Å². The first-order valence-corrected chi connectivity index (χ1v) is 18.4. The zero-order chi connectivity index (χ0) is 36.8. The molecule has 1 heterocycles. The predicted octanol–water partition coefficient (Wildman–Crippen LogP) is 7.76. The second-order valence-electron chi connectivity index (χ2n) is 12.7. The first-order valence-electron chi connectivity index (χ1n) is 17.0. The largest absolute Gasteiger partial charge is 0.496 e. The number of sulfonamides is 1. The molecular weight excluding hydrogens is 693 g/mol. The van der Waals surface area contributed by atoms with E-state index in [9.17, 15) is 18.3 Å². The Balaban J connectivity index is 0.00000541. The highest BCUT2D eigenvalue weighted by Crippen LogP contribution is 2.36. The molecule has 6 rings (SSSR count). The first kappa shape index (κ1) is 38.9. The highest BCUT2D eigenvalue weighted by Gasteiger charge is 2.24. The third kappa shape index (κ3) is 9.18. The minimum Gasteiger partial charge on any atom is -0.496 e. The molecule has 10 nitrogen and oxygen atoms in total. The van der Waals surface area contributed by atoms with Crippen molar-refractivity contribution >= 4 is 21.7 Å². The maximum Gasteiger partial charge on any atom is 0.338 e. The summed E-state index contributed by atoms with van der Waals surface area (Å²) < 4.78 is 52.2. The number of carbonyl (C=O) groups is 1. The Morgan fingerprint density at radius 3 is 2.43 bits per heavy atom. The molecule has 5 aromatic rings. The van der Waals surface area contributed by atoms with Gasteiger partial charge in [-0.1, -0.05) is 56.0 Å². The van der Waals surface area contributed by atoms with Crippen LogP contribution >= 0.6 is 0 Å². The molecule has 0 saturated carbocycles. The number of ether oxygens (including phenoxy) is 4. The third-order valence-corrected chi connectivity index (χ3v) is 10.3. The number of aryl methyl sites for hydroxylation is 2. The SMILES string of the molecule is C.COc1cc(C(=O)OCc2ccccc2)ccc1-c1cc(C)c(OCCN[C@@H](C)[C@H](O)c2ccc3cc2NS(=O)(=O)c2cccc(c2)CO3)c(C)c1. The molecule has 2 atom stereocenters. The fraction of sp³-hybridized carbons (Fsp3) is 0.262. The molecule has 1 aliphatic rings. The molecular formula is C42H46N2O8S. The average Bonchev–Trinajstić information content (AvgIpc) is 3.15. The molecule has 0 fully saturated rings. The first-order chi connectivity index (χ1) is 25.0. The van der Waals surface area contributed by atoms with Crippen LogP contribution in [0.1, 0.15) is 58.6 Å². The summed E-state index contributed by atoms with van der Waals surface area (Å²) >= 11 is 0. The van der Waals surface area contributed by atoms with E-state index < -0.39 is 28.1 Å². The van der Waals surface area contributed by atoms with E-state index in [4.69, 9.17) is 18.9 Å². The summed E-state index contributed by atoms with van der Waals surface area (Å²) in [5.74, 6) is 1.35. The number of rotatable bonds is 12. The van der Waals surface area contributed by atoms with Gasteiger partial charge in [0.2, 0.25) is 0 Å². The van der Waals surface area contributed by atoms with Gasteiger partial charge < -0.3 is 29.4 Å². The van der Waals surface area contributed by atoms with Gasteiger partial charge in [-0.3, -0.25) is 4.72 Å². The lowest BCUT2D eigenvalue weighted by atomic mass is 9.98. The van der Waals surface area contributed by atoms with E-state index in [0.29, 0.717) is 35.8 Å². The van der Waals surface area contributed by atoms with Gasteiger partial charge in [-0.2, -0.15) is 0 Å². The van der Waals surface area contributed by atoms with E-state index in [1.54, 1.807) is 49.6 Å². The molecule has 0 aliphatic carbocycles. The monoisotopic (exact) mass is 738 g/mol. The van der Waals surface area contributed by atoms with Crippen LogP contribution in [-0.4, -0.2) is 45.8 Å². The minimum absolute atomic E-state index is 0. The number of aliphatic hydroxyl groups excluding tert-OH is 1. The number of benzene rings is 5. The van der Waals surface area contributed by atoms with Crippen molar-refractivity contribution in [2.24, 2.45) is 0 Å². The van der Waals surface area contributed by atoms with Gasteiger partial charge in [-0.25, -0.2) is 13.2 Å². The summed E-state index contributed by atoms with van der Waals surface area (Å²) in [5, 5.41) is 14.6. The fourth-order valence-corrected chi connectivity index (χ4v) is 7.31. The summed E-state index contributed by atoms with van der Waals surface area (Å²) in [6.07, 6.45) is -1.03. The Labute approximate surface area is 311 Å². The van der Waals surface area contributed by atoms with E-state index in [0.717, 1.165) is 39.1 Å². The van der Waals surface area contributed by atoms with Crippen LogP contribution < -0.4 is 24.2 Å². The summed E-state index contributed by atoms with van der Waals surface area (Å²) in [6.45, 7) is 6.92. The lowest BCUT2D eigenvalue weighted by molar-refractivity contribution is 0.0472. The van der Waals surface area contributed by atoms with Crippen LogP contribution in [0.5, 0.6) is 17.2 Å². The molecule has 1 aliphatic heterocycles. The van der Waals surface area contributed by atoms with Crippen molar-refractivity contribution in [1.82, 2.24) is 5.32 Å². The Morgan fingerprint density at radius 1 is 0.943 bits per heavy atom. The Kier molecular flexibility index (Phi) is 12.5. The molecule has 0 saturated heterocycles. The van der Waals surface area contributed by atoms with Gasteiger partial charge >= 0.3 is 5.97 Å². The Morgan fingerprint density at radius 2 is 1.70 bits per heavy atom. The Hall–Kier alpha value is -5.36. The van der Waals surface area contributed by atoms with Gasteiger partial charge in [0, 0.05) is 29.8 Å². The summed E-state index contributed by atoms with van der Waals surface area (Å²) in [6, 6.07) is 30.0. The van der Waals surface area contributed by atoms with Crippen molar-refractivity contribution in [2.45, 2.75) is 58.5 Å². The number of esters is 1. The van der Waals surface area contributed by atoms with Crippen LogP contribution in [0.3, 0.4) is 0 Å². The number of fused-ring (bicyclic) bond motifs is 4. The minimum atomic E-state index is -3.88. The van der Waals surface area contributed by atoms with Crippen molar-refractivity contribution in [3.63, 3.8) is 0 Å². The van der Waals surface area contributed by atoms with Gasteiger partial charge in [0.1, 0.15) is 37.1 Å². The summed E-state index contributed by atoms with van der Waals surface area (Å²) in [7, 11) is -2.31. The van der Waals surface area contributed by atoms with Gasteiger partial charge in [0.05, 0.1) is 29.4 Å². The Bertz CT molecular complexity index is 2150. The van der Waals surface area contributed by atoms with Crippen LogP contribution in [0.2, 0.25) is 0 Å². The van der Waals surface area contributed by atoms with Gasteiger partial charge in [-0.15, -0.1) is 0 Å². The number of hydrogen-bond donors (Lipinski definition) is 3. The maximum absolute atomic E-state index is 13.2. The van der Waals surface area contributed by atoms with Crippen molar-refractivity contribution in [1.29, 1.82) is 0 Å². The van der Waals surface area contributed by atoms with E-state index >= 15 is 0 Å². The number of anilines is 1. The molecule has 0 amide bonds. The molecule has 278 valence electrons. The fourth-order valence-electron chi connectivity index (χ4n) is 6.16. The quantitative estimate of drug-likeness (QED) is 0.0868. The molecule has 11 heteroatoms. The zero-order valence-corrected chi connectivity index (χ0v) is 30.3. The van der Waals surface area contributed by atoms with Crippen LogP contribution in [0.15, 0.2) is 108 Å². The van der Waals surface area contributed by atoms with Crippen LogP contribution in [0.25, 0.3) is 11.1 Å². The van der Waals surface area contributed by atoms with Gasteiger partial charge in [-0.05, 0) is 97.1 Å². The molecule has 0 unspecified atom stereocenters. The predicted molar refractivity (Wildman–Crippen MR) is 206 cm³/mol. The topological polar surface area (TPSA) is 132 Å². The van der Waals surface area contributed by atoms with Crippen LogP contribution in [0.4, 0.5) is 5.69 Å². The van der Waals surface area contributed by atoms with E-state index in [1.807, 2.05) is 75.4 Å². The number of aliphatic hydroxyl groups is 1. The number of nitrogens with one attached hydrogen (secondary N) is 2.